The zero-order valence-corrected chi connectivity index (χ0v) is 22.7. The first kappa shape index (κ1) is 25.6. The third kappa shape index (κ3) is 6.00. The van der Waals surface area contributed by atoms with Crippen LogP contribution in [0.4, 0.5) is 0 Å². The summed E-state index contributed by atoms with van der Waals surface area (Å²) in [6, 6.07) is 14.7. The molecule has 1 fully saturated rings. The summed E-state index contributed by atoms with van der Waals surface area (Å²) in [6.45, 7) is 14.5. The number of hydrogen-bond acceptors (Lipinski definition) is 4. The van der Waals surface area contributed by atoms with Gasteiger partial charge in [0.2, 0.25) is 0 Å². The van der Waals surface area contributed by atoms with Crippen LogP contribution in [-0.2, 0) is 22.0 Å². The third-order valence-electron chi connectivity index (χ3n) is 6.91. The Morgan fingerprint density at radius 1 is 1.00 bits per heavy atom. The average molecular weight is 491 g/mol. The number of carbonyl (C=O) groups excluding carboxylic acids is 1. The van der Waals surface area contributed by atoms with Gasteiger partial charge in [-0.1, -0.05) is 71.9 Å². The molecule has 2 aromatic carbocycles. The molecular formula is C30H38N2O2S. The Hall–Kier alpha value is -2.53. The summed E-state index contributed by atoms with van der Waals surface area (Å²) < 4.78 is 0. The number of aromatic hydroxyl groups is 1. The van der Waals surface area contributed by atoms with Gasteiger partial charge in [0, 0.05) is 24.2 Å². The van der Waals surface area contributed by atoms with Crippen molar-refractivity contribution in [1.29, 1.82) is 0 Å². The highest BCUT2D eigenvalue weighted by atomic mass is 32.2. The summed E-state index contributed by atoms with van der Waals surface area (Å²) in [5, 5.41) is 11.8. The minimum absolute atomic E-state index is 0.167. The number of phenolic OH excluding ortho intramolecular Hbond substituents is 1. The maximum atomic E-state index is 12.8. The fourth-order valence-corrected chi connectivity index (χ4v) is 5.81. The molecule has 0 saturated carbocycles. The lowest BCUT2D eigenvalue weighted by Crippen LogP contribution is -2.37. The van der Waals surface area contributed by atoms with E-state index in [1.165, 1.54) is 17.3 Å². The number of hydrogen-bond donors (Lipinski definition) is 1. The molecule has 4 rings (SSSR count). The van der Waals surface area contributed by atoms with Crippen LogP contribution in [-0.4, -0.2) is 34.2 Å². The average Bonchev–Trinajstić information content (AvgIpc) is 3.14. The molecule has 2 heterocycles. The summed E-state index contributed by atoms with van der Waals surface area (Å²) in [5.41, 5.74) is 3.71. The van der Waals surface area contributed by atoms with Gasteiger partial charge >= 0.3 is 0 Å². The molecule has 0 spiro atoms. The number of aliphatic imine (C=N–C) groups is 1. The standard InChI is InChI=1S/C30H38N2O2S/c1-29(2,3)23-17-22(18-24(26(23)33)30(4,5)6)19-25-27(34)31-28(35-25)32-14-12-21(13-15-32)16-20-10-8-7-9-11-20/h7-11,17-19,21,33H,12-16H2,1-6H3/b25-19-. The zero-order valence-electron chi connectivity index (χ0n) is 21.9. The fourth-order valence-electron chi connectivity index (χ4n) is 4.84. The minimum atomic E-state index is -0.211. The third-order valence-corrected chi connectivity index (χ3v) is 7.95. The van der Waals surface area contributed by atoms with E-state index < -0.39 is 0 Å². The number of carbonyl (C=O) groups is 1. The largest absolute Gasteiger partial charge is 0.507 e. The van der Waals surface area contributed by atoms with Crippen LogP contribution >= 0.6 is 11.8 Å². The molecule has 0 unspecified atom stereocenters. The maximum Gasteiger partial charge on any atom is 0.286 e. The maximum absolute atomic E-state index is 12.8. The SMILES string of the molecule is CC(C)(C)c1cc(/C=C2\SC(N3CCC(Cc4ccccc4)CC3)=NC2=O)cc(C(C)(C)C)c1O. The topological polar surface area (TPSA) is 52.9 Å². The number of thioether (sulfide) groups is 1. The van der Waals surface area contributed by atoms with Crippen LogP contribution in [0.1, 0.15) is 76.6 Å². The fraction of sp³-hybridized carbons (Fsp3) is 0.467. The Kier molecular flexibility index (Phi) is 7.19. The molecular weight excluding hydrogens is 452 g/mol. The van der Waals surface area contributed by atoms with Crippen LogP contribution in [0.15, 0.2) is 52.4 Å². The van der Waals surface area contributed by atoms with E-state index in [9.17, 15) is 9.90 Å². The number of likely N-dealkylation sites (tertiary alicyclic amines) is 1. The van der Waals surface area contributed by atoms with E-state index in [1.807, 2.05) is 18.2 Å². The summed E-state index contributed by atoms with van der Waals surface area (Å²) in [5.74, 6) is 0.863. The van der Waals surface area contributed by atoms with Crippen molar-refractivity contribution in [2.75, 3.05) is 13.1 Å². The molecule has 1 amide bonds. The first-order valence-electron chi connectivity index (χ1n) is 12.6. The van der Waals surface area contributed by atoms with E-state index >= 15 is 0 Å². The van der Waals surface area contributed by atoms with Crippen LogP contribution in [0.2, 0.25) is 0 Å². The van der Waals surface area contributed by atoms with E-state index in [-0.39, 0.29) is 16.7 Å². The van der Waals surface area contributed by atoms with Gasteiger partial charge in [0.05, 0.1) is 4.91 Å². The van der Waals surface area contributed by atoms with Crippen molar-refractivity contribution in [3.8, 4) is 5.75 Å². The first-order valence-corrected chi connectivity index (χ1v) is 13.4. The van der Waals surface area contributed by atoms with Crippen molar-refractivity contribution in [3.05, 3.63) is 69.6 Å². The number of benzene rings is 2. The highest BCUT2D eigenvalue weighted by Crippen LogP contribution is 2.41. The van der Waals surface area contributed by atoms with Crippen LogP contribution in [0.3, 0.4) is 0 Å². The number of phenols is 1. The Labute approximate surface area is 214 Å². The van der Waals surface area contributed by atoms with Gasteiger partial charge in [-0.2, -0.15) is 4.99 Å². The minimum Gasteiger partial charge on any atom is -0.507 e. The molecule has 0 atom stereocenters. The van der Waals surface area contributed by atoms with Crippen molar-refractivity contribution in [2.45, 2.75) is 71.6 Å². The van der Waals surface area contributed by atoms with Crippen molar-refractivity contribution < 1.29 is 9.90 Å². The van der Waals surface area contributed by atoms with Crippen molar-refractivity contribution in [1.82, 2.24) is 4.90 Å². The van der Waals surface area contributed by atoms with Crippen molar-refractivity contribution in [3.63, 3.8) is 0 Å². The summed E-state index contributed by atoms with van der Waals surface area (Å²) in [4.78, 5) is 20.1. The quantitative estimate of drug-likeness (QED) is 0.475. The number of piperidine rings is 1. The number of nitrogens with zero attached hydrogens (tertiary/aromatic N) is 2. The van der Waals surface area contributed by atoms with Gasteiger partial charge in [0.15, 0.2) is 5.17 Å². The van der Waals surface area contributed by atoms with E-state index in [1.54, 1.807) is 0 Å². The highest BCUT2D eigenvalue weighted by molar-refractivity contribution is 8.18. The van der Waals surface area contributed by atoms with Gasteiger partial charge < -0.3 is 10.0 Å². The van der Waals surface area contributed by atoms with E-state index in [2.05, 4.69) is 81.8 Å². The predicted octanol–water partition coefficient (Wildman–Crippen LogP) is 6.91. The lowest BCUT2D eigenvalue weighted by molar-refractivity contribution is -0.113. The van der Waals surface area contributed by atoms with Gasteiger partial charge in [0.25, 0.3) is 5.91 Å². The summed E-state index contributed by atoms with van der Waals surface area (Å²) >= 11 is 1.48. The molecule has 1 saturated heterocycles. The molecule has 5 heteroatoms. The Morgan fingerprint density at radius 3 is 2.11 bits per heavy atom. The Balaban J connectivity index is 1.48. The predicted molar refractivity (Wildman–Crippen MR) is 148 cm³/mol. The smallest absolute Gasteiger partial charge is 0.286 e. The zero-order chi connectivity index (χ0) is 25.4. The molecule has 1 N–H and O–H groups in total. The lowest BCUT2D eigenvalue weighted by atomic mass is 9.78. The number of amides is 1. The molecule has 35 heavy (non-hydrogen) atoms. The van der Waals surface area contributed by atoms with Gasteiger partial charge in [-0.25, -0.2) is 0 Å². The molecule has 2 aliphatic heterocycles. The molecule has 2 aliphatic rings. The summed E-state index contributed by atoms with van der Waals surface area (Å²) in [7, 11) is 0. The van der Waals surface area contributed by atoms with Crippen LogP contribution in [0.5, 0.6) is 5.75 Å². The Morgan fingerprint density at radius 2 is 1.57 bits per heavy atom. The van der Waals surface area contributed by atoms with E-state index in [0.717, 1.165) is 54.2 Å². The van der Waals surface area contributed by atoms with Gasteiger partial charge in [-0.3, -0.25) is 4.79 Å². The lowest BCUT2D eigenvalue weighted by Gasteiger charge is -2.32. The van der Waals surface area contributed by atoms with Gasteiger partial charge in [-0.05, 0) is 77.1 Å². The monoisotopic (exact) mass is 490 g/mol. The second-order valence-corrected chi connectivity index (χ2v) is 12.9. The van der Waals surface area contributed by atoms with E-state index in [4.69, 9.17) is 0 Å². The molecule has 0 radical (unpaired) electrons. The Bertz CT molecular complexity index is 1110. The molecule has 2 aromatic rings. The molecule has 0 aliphatic carbocycles. The number of rotatable bonds is 3. The van der Waals surface area contributed by atoms with Crippen molar-refractivity contribution in [2.24, 2.45) is 10.9 Å². The van der Waals surface area contributed by atoms with Crippen LogP contribution in [0, 0.1) is 5.92 Å². The molecule has 186 valence electrons. The molecule has 0 aromatic heterocycles. The van der Waals surface area contributed by atoms with Crippen LogP contribution in [0.25, 0.3) is 6.08 Å². The van der Waals surface area contributed by atoms with E-state index in [0.29, 0.717) is 16.6 Å². The number of amidine groups is 1. The normalized spacial score (nSPS) is 18.9. The summed E-state index contributed by atoms with van der Waals surface area (Å²) in [6.07, 6.45) is 5.29. The molecule has 0 bridgehead atoms. The van der Waals surface area contributed by atoms with Gasteiger partial charge in [0.1, 0.15) is 5.75 Å². The second-order valence-electron chi connectivity index (χ2n) is 11.9. The second kappa shape index (κ2) is 9.85. The first-order chi connectivity index (χ1) is 16.4. The van der Waals surface area contributed by atoms with Crippen LogP contribution < -0.4 is 0 Å². The van der Waals surface area contributed by atoms with Crippen molar-refractivity contribution >= 4 is 28.9 Å². The molecule has 4 nitrogen and oxygen atoms in total. The highest BCUT2D eigenvalue weighted by Gasteiger charge is 2.30. The van der Waals surface area contributed by atoms with Gasteiger partial charge in [-0.15, -0.1) is 0 Å².